The average Bonchev–Trinajstić information content (AvgIpc) is 2.94. The van der Waals surface area contributed by atoms with Crippen LogP contribution in [0.4, 0.5) is 0 Å². The largest absolute Gasteiger partial charge is 0.356 e. The van der Waals surface area contributed by atoms with Crippen LogP contribution in [0.3, 0.4) is 0 Å². The molecule has 2 N–H and O–H groups in total. The molecular weight excluding hydrogens is 328 g/mol. The fourth-order valence-electron chi connectivity index (χ4n) is 5.46. The lowest BCUT2D eigenvalue weighted by molar-refractivity contribution is -0.140. The van der Waals surface area contributed by atoms with Crippen LogP contribution in [0.2, 0.25) is 0 Å². The zero-order valence-corrected chi connectivity index (χ0v) is 15.5. The number of carbonyl (C=O) groups is 1. The molecule has 4 aliphatic rings. The number of likely N-dealkylation sites (tertiary alicyclic amines) is 1. The SMILES string of the molecule is CC(C)c1cccc([C@H]2[C@@H]3CN(C(=O)[C@H]4C[C@]5(COC(O)N5)C4)C[C@@H]32)c1. The molecule has 0 radical (unpaired) electrons. The topological polar surface area (TPSA) is 61.8 Å². The molecule has 1 unspecified atom stereocenters. The van der Waals surface area contributed by atoms with Gasteiger partial charge >= 0.3 is 0 Å². The molecule has 2 saturated heterocycles. The molecule has 1 aromatic carbocycles. The van der Waals surface area contributed by atoms with Gasteiger partial charge in [0.2, 0.25) is 12.3 Å². The van der Waals surface area contributed by atoms with E-state index in [4.69, 9.17) is 4.74 Å². The van der Waals surface area contributed by atoms with Gasteiger partial charge in [0, 0.05) is 24.5 Å². The van der Waals surface area contributed by atoms with E-state index in [1.807, 2.05) is 0 Å². The van der Waals surface area contributed by atoms with Crippen molar-refractivity contribution in [2.24, 2.45) is 17.8 Å². The number of benzene rings is 1. The number of carbonyl (C=O) groups excluding carboxylic acids is 1. The molecule has 1 aromatic rings. The number of nitrogens with one attached hydrogen (secondary N) is 1. The van der Waals surface area contributed by atoms with Crippen LogP contribution in [0.5, 0.6) is 0 Å². The van der Waals surface area contributed by atoms with Crippen LogP contribution < -0.4 is 5.32 Å². The summed E-state index contributed by atoms with van der Waals surface area (Å²) in [5, 5.41) is 12.5. The summed E-state index contributed by atoms with van der Waals surface area (Å²) in [7, 11) is 0. The van der Waals surface area contributed by atoms with Gasteiger partial charge in [-0.2, -0.15) is 0 Å². The van der Waals surface area contributed by atoms with Crippen LogP contribution in [0.15, 0.2) is 24.3 Å². The van der Waals surface area contributed by atoms with E-state index in [1.165, 1.54) is 11.1 Å². The fraction of sp³-hybridized carbons (Fsp3) is 0.667. The molecule has 2 aliphatic carbocycles. The number of rotatable bonds is 3. The highest BCUT2D eigenvalue weighted by Crippen LogP contribution is 2.59. The Hall–Kier alpha value is -1.43. The minimum atomic E-state index is -0.868. The third-order valence-corrected chi connectivity index (χ3v) is 7.04. The molecule has 0 aromatic heterocycles. The van der Waals surface area contributed by atoms with Gasteiger partial charge in [0.15, 0.2) is 0 Å². The van der Waals surface area contributed by atoms with Crippen LogP contribution in [0.25, 0.3) is 0 Å². The monoisotopic (exact) mass is 356 g/mol. The van der Waals surface area contributed by atoms with Gasteiger partial charge in [0.05, 0.1) is 6.61 Å². The Morgan fingerprint density at radius 1 is 1.31 bits per heavy atom. The molecule has 2 heterocycles. The van der Waals surface area contributed by atoms with Crippen molar-refractivity contribution in [2.75, 3.05) is 19.7 Å². The van der Waals surface area contributed by atoms with Gasteiger partial charge in [-0.1, -0.05) is 38.1 Å². The molecule has 2 aliphatic heterocycles. The molecule has 5 nitrogen and oxygen atoms in total. The van der Waals surface area contributed by atoms with E-state index in [9.17, 15) is 9.90 Å². The molecule has 2 saturated carbocycles. The molecule has 0 bridgehead atoms. The highest BCUT2D eigenvalue weighted by Gasteiger charge is 2.59. The fourth-order valence-corrected chi connectivity index (χ4v) is 5.46. The second kappa shape index (κ2) is 5.78. The highest BCUT2D eigenvalue weighted by atomic mass is 16.6. The van der Waals surface area contributed by atoms with Crippen molar-refractivity contribution in [1.29, 1.82) is 0 Å². The minimum Gasteiger partial charge on any atom is -0.356 e. The Morgan fingerprint density at radius 2 is 2.04 bits per heavy atom. The lowest BCUT2D eigenvalue weighted by Crippen LogP contribution is -2.58. The summed E-state index contributed by atoms with van der Waals surface area (Å²) in [6.07, 6.45) is 0.705. The van der Waals surface area contributed by atoms with Crippen LogP contribution in [0, 0.1) is 17.8 Å². The van der Waals surface area contributed by atoms with Crippen molar-refractivity contribution in [3.8, 4) is 0 Å². The number of aliphatic hydroxyl groups is 1. The van der Waals surface area contributed by atoms with Gasteiger partial charge in [-0.25, -0.2) is 0 Å². The smallest absolute Gasteiger partial charge is 0.225 e. The van der Waals surface area contributed by atoms with Gasteiger partial charge in [-0.3, -0.25) is 10.1 Å². The van der Waals surface area contributed by atoms with Gasteiger partial charge in [-0.05, 0) is 47.6 Å². The average molecular weight is 356 g/mol. The maximum absolute atomic E-state index is 12.8. The number of piperidine rings is 1. The van der Waals surface area contributed by atoms with Gasteiger partial charge in [0.25, 0.3) is 0 Å². The number of nitrogens with zero attached hydrogens (tertiary/aromatic N) is 1. The Bertz CT molecular complexity index is 716. The molecular formula is C21H28N2O3. The van der Waals surface area contributed by atoms with E-state index in [-0.39, 0.29) is 11.5 Å². The standard InChI is InChI=1S/C21H28N2O3/c1-12(2)13-4-3-5-14(6-13)18-16-9-23(10-17(16)18)19(24)15-7-21(8-15)11-26-20(25)22-21/h3-6,12,15-18,20,22,25H,7-11H2,1-2H3/t15-,16-,17+,18+,20?,21+. The summed E-state index contributed by atoms with van der Waals surface area (Å²) >= 11 is 0. The molecule has 1 spiro atoms. The molecule has 4 atom stereocenters. The lowest BCUT2D eigenvalue weighted by Gasteiger charge is -2.44. The van der Waals surface area contributed by atoms with Crippen LogP contribution >= 0.6 is 0 Å². The van der Waals surface area contributed by atoms with Crippen LogP contribution in [-0.2, 0) is 9.53 Å². The normalized spacial score (nSPS) is 40.8. The number of hydrogen-bond acceptors (Lipinski definition) is 4. The minimum absolute atomic E-state index is 0.0941. The summed E-state index contributed by atoms with van der Waals surface area (Å²) in [5.41, 5.74) is 2.71. The molecule has 140 valence electrons. The molecule has 4 fully saturated rings. The van der Waals surface area contributed by atoms with Crippen molar-refractivity contribution in [1.82, 2.24) is 10.2 Å². The first-order valence-electron chi connectivity index (χ1n) is 9.92. The summed E-state index contributed by atoms with van der Waals surface area (Å²) in [6, 6.07) is 9.02. The third-order valence-electron chi connectivity index (χ3n) is 7.04. The maximum Gasteiger partial charge on any atom is 0.225 e. The first-order valence-corrected chi connectivity index (χ1v) is 9.92. The first-order chi connectivity index (χ1) is 12.5. The quantitative estimate of drug-likeness (QED) is 0.870. The van der Waals surface area contributed by atoms with Crippen LogP contribution in [-0.4, -0.2) is 47.6 Å². The summed E-state index contributed by atoms with van der Waals surface area (Å²) in [4.78, 5) is 14.9. The van der Waals surface area contributed by atoms with Crippen molar-refractivity contribution in [3.05, 3.63) is 35.4 Å². The number of fused-ring (bicyclic) bond motifs is 1. The Labute approximate surface area is 154 Å². The number of hydrogen-bond donors (Lipinski definition) is 2. The summed E-state index contributed by atoms with van der Waals surface area (Å²) in [6.45, 7) is 6.81. The lowest BCUT2D eigenvalue weighted by atomic mass is 9.68. The third kappa shape index (κ3) is 2.60. The molecule has 5 rings (SSSR count). The Kier molecular flexibility index (Phi) is 3.72. The zero-order valence-electron chi connectivity index (χ0n) is 15.5. The second-order valence-electron chi connectivity index (χ2n) is 9.11. The molecule has 1 amide bonds. The van der Waals surface area contributed by atoms with E-state index in [0.717, 1.165) is 25.9 Å². The Morgan fingerprint density at radius 3 is 2.65 bits per heavy atom. The predicted molar refractivity (Wildman–Crippen MR) is 97.4 cm³/mol. The predicted octanol–water partition coefficient (Wildman–Crippen LogP) is 2.03. The van der Waals surface area contributed by atoms with E-state index in [0.29, 0.717) is 36.2 Å². The van der Waals surface area contributed by atoms with Crippen molar-refractivity contribution in [2.45, 2.75) is 50.5 Å². The second-order valence-corrected chi connectivity index (χ2v) is 9.11. The number of ether oxygens (including phenoxy) is 1. The van der Waals surface area contributed by atoms with E-state index in [2.05, 4.69) is 48.3 Å². The van der Waals surface area contributed by atoms with Gasteiger partial charge in [0.1, 0.15) is 0 Å². The molecule has 5 heteroatoms. The van der Waals surface area contributed by atoms with E-state index in [1.54, 1.807) is 0 Å². The van der Waals surface area contributed by atoms with Crippen molar-refractivity contribution >= 4 is 5.91 Å². The maximum atomic E-state index is 12.8. The van der Waals surface area contributed by atoms with E-state index < -0.39 is 6.41 Å². The number of amides is 1. The zero-order chi connectivity index (χ0) is 18.1. The molecule has 26 heavy (non-hydrogen) atoms. The first kappa shape index (κ1) is 16.7. The van der Waals surface area contributed by atoms with E-state index >= 15 is 0 Å². The highest BCUT2D eigenvalue weighted by molar-refractivity contribution is 5.81. The van der Waals surface area contributed by atoms with Gasteiger partial charge < -0.3 is 14.7 Å². The van der Waals surface area contributed by atoms with Crippen LogP contribution in [0.1, 0.15) is 49.7 Å². The number of aliphatic hydroxyl groups excluding tert-OH is 1. The van der Waals surface area contributed by atoms with Gasteiger partial charge in [-0.15, -0.1) is 0 Å². The summed E-state index contributed by atoms with van der Waals surface area (Å²) in [5.74, 6) is 2.89. The Balaban J connectivity index is 1.17. The van der Waals surface area contributed by atoms with Crippen molar-refractivity contribution in [3.63, 3.8) is 0 Å². The summed E-state index contributed by atoms with van der Waals surface area (Å²) < 4.78 is 5.20. The van der Waals surface area contributed by atoms with Crippen molar-refractivity contribution < 1.29 is 14.6 Å².